The summed E-state index contributed by atoms with van der Waals surface area (Å²) in [6.45, 7) is 0.629. The van der Waals surface area contributed by atoms with E-state index in [0.29, 0.717) is 30.2 Å². The first-order valence-electron chi connectivity index (χ1n) is 9.56. The van der Waals surface area contributed by atoms with Crippen LogP contribution in [-0.4, -0.2) is 47.4 Å². The Labute approximate surface area is 145 Å². The van der Waals surface area contributed by atoms with Gasteiger partial charge in [-0.2, -0.15) is 5.10 Å². The molecule has 0 radical (unpaired) electrons. The summed E-state index contributed by atoms with van der Waals surface area (Å²) in [4.78, 5) is 2.03. The fourth-order valence-electron chi connectivity index (χ4n) is 4.45. The number of nitrogens with two attached hydrogens (primary N) is 1. The van der Waals surface area contributed by atoms with Crippen LogP contribution in [0.4, 0.5) is 0 Å². The highest BCUT2D eigenvalue weighted by Crippen LogP contribution is 2.49. The standard InChI is InChI=1S/C17H25ClN4O/c18-16-2-1-15(20-21-16)17-14-8-13(19)7-12(14)10-22(17)9-11-3-5-23-6-4-11/h1-2,11-14,17H,3-10,19H2/i9D2. The molecule has 1 aromatic rings. The lowest BCUT2D eigenvalue weighted by Gasteiger charge is -2.32. The van der Waals surface area contributed by atoms with E-state index in [0.717, 1.165) is 37.9 Å². The number of ether oxygens (including phenoxy) is 1. The van der Waals surface area contributed by atoms with Crippen molar-refractivity contribution in [1.82, 2.24) is 15.1 Å². The molecule has 6 heteroatoms. The van der Waals surface area contributed by atoms with E-state index in [1.807, 2.05) is 11.0 Å². The molecule has 23 heavy (non-hydrogen) atoms. The van der Waals surface area contributed by atoms with E-state index in [-0.39, 0.29) is 18.0 Å². The normalized spacial score (nSPS) is 37.5. The molecule has 3 fully saturated rings. The molecule has 1 aliphatic carbocycles. The number of likely N-dealkylation sites (tertiary alicyclic amines) is 1. The molecule has 3 aliphatic rings. The minimum atomic E-state index is -1.38. The van der Waals surface area contributed by atoms with E-state index >= 15 is 0 Å². The number of hydrogen-bond acceptors (Lipinski definition) is 5. The first-order chi connectivity index (χ1) is 12.0. The Morgan fingerprint density at radius 2 is 2.13 bits per heavy atom. The molecule has 2 aliphatic heterocycles. The van der Waals surface area contributed by atoms with Gasteiger partial charge in [0.2, 0.25) is 0 Å². The van der Waals surface area contributed by atoms with E-state index < -0.39 is 6.50 Å². The van der Waals surface area contributed by atoms with Gasteiger partial charge < -0.3 is 10.5 Å². The van der Waals surface area contributed by atoms with Gasteiger partial charge in [-0.05, 0) is 55.6 Å². The minimum Gasteiger partial charge on any atom is -0.381 e. The highest BCUT2D eigenvalue weighted by molar-refractivity contribution is 6.29. The summed E-state index contributed by atoms with van der Waals surface area (Å²) in [7, 11) is 0. The fourth-order valence-corrected chi connectivity index (χ4v) is 4.55. The second kappa shape index (κ2) is 6.63. The lowest BCUT2D eigenvalue weighted by molar-refractivity contribution is 0.0480. The maximum absolute atomic E-state index is 8.90. The van der Waals surface area contributed by atoms with Crippen LogP contribution in [-0.2, 0) is 4.74 Å². The summed E-state index contributed by atoms with van der Waals surface area (Å²) in [6.07, 6.45) is 3.40. The third kappa shape index (κ3) is 3.25. The van der Waals surface area contributed by atoms with Crippen LogP contribution in [0, 0.1) is 17.8 Å². The molecule has 2 saturated heterocycles. The van der Waals surface area contributed by atoms with Crippen molar-refractivity contribution in [3.63, 3.8) is 0 Å². The molecular formula is C17H25ClN4O. The zero-order valence-corrected chi connectivity index (χ0v) is 14.0. The van der Waals surface area contributed by atoms with Crippen molar-refractivity contribution >= 4 is 11.6 Å². The lowest BCUT2D eigenvalue weighted by Crippen LogP contribution is -2.35. The van der Waals surface area contributed by atoms with Gasteiger partial charge in [0.1, 0.15) is 0 Å². The van der Waals surface area contributed by atoms with E-state index in [1.165, 1.54) is 0 Å². The zero-order valence-electron chi connectivity index (χ0n) is 15.2. The average molecular weight is 339 g/mol. The van der Waals surface area contributed by atoms with Crippen molar-refractivity contribution < 1.29 is 7.48 Å². The maximum Gasteiger partial charge on any atom is 0.151 e. The van der Waals surface area contributed by atoms with Gasteiger partial charge in [0.25, 0.3) is 0 Å². The molecule has 4 unspecified atom stereocenters. The Balaban J connectivity index is 1.66. The predicted molar refractivity (Wildman–Crippen MR) is 89.1 cm³/mol. The second-order valence-electron chi connectivity index (χ2n) is 7.05. The van der Waals surface area contributed by atoms with Gasteiger partial charge >= 0.3 is 0 Å². The van der Waals surface area contributed by atoms with Crippen molar-refractivity contribution in [3.05, 3.63) is 23.0 Å². The molecule has 1 aromatic heterocycles. The van der Waals surface area contributed by atoms with Gasteiger partial charge in [-0.15, -0.1) is 5.10 Å². The van der Waals surface area contributed by atoms with Crippen LogP contribution in [0.1, 0.15) is 40.2 Å². The van der Waals surface area contributed by atoms with Crippen LogP contribution < -0.4 is 5.73 Å². The molecule has 0 bridgehead atoms. The number of rotatable bonds is 3. The van der Waals surface area contributed by atoms with Gasteiger partial charge in [0.15, 0.2) is 5.15 Å². The fraction of sp³-hybridized carbons (Fsp3) is 0.765. The second-order valence-corrected chi connectivity index (χ2v) is 7.44. The van der Waals surface area contributed by atoms with E-state index in [9.17, 15) is 0 Å². The number of hydrogen-bond donors (Lipinski definition) is 1. The summed E-state index contributed by atoms with van der Waals surface area (Å²) < 4.78 is 23.2. The summed E-state index contributed by atoms with van der Waals surface area (Å²) in [5.41, 5.74) is 7.01. The van der Waals surface area contributed by atoms with E-state index in [2.05, 4.69) is 10.2 Å². The largest absolute Gasteiger partial charge is 0.381 e. The van der Waals surface area contributed by atoms with Crippen molar-refractivity contribution in [3.8, 4) is 0 Å². The zero-order chi connectivity index (χ0) is 17.6. The summed E-state index contributed by atoms with van der Waals surface area (Å²) in [5.74, 6) is 0.740. The first-order valence-corrected chi connectivity index (χ1v) is 8.94. The predicted octanol–water partition coefficient (Wildman–Crippen LogP) is 2.27. The Hall–Kier alpha value is -0.750. The average Bonchev–Trinajstić information content (AvgIpc) is 3.13. The summed E-state index contributed by atoms with van der Waals surface area (Å²) >= 11 is 5.91. The molecule has 0 amide bonds. The SMILES string of the molecule is [2H]C([2H])(C1CCOCC1)N1CC2CC(N)CC2C1c1ccc(Cl)nn1. The molecule has 2 N–H and O–H groups in total. The van der Waals surface area contributed by atoms with Gasteiger partial charge in [0.05, 0.1) is 11.7 Å². The summed E-state index contributed by atoms with van der Waals surface area (Å²) in [5, 5.41) is 8.66. The van der Waals surface area contributed by atoms with Crippen LogP contribution in [0.25, 0.3) is 0 Å². The molecular weight excluding hydrogens is 312 g/mol. The van der Waals surface area contributed by atoms with E-state index in [4.69, 9.17) is 24.8 Å². The van der Waals surface area contributed by atoms with Crippen molar-refractivity contribution in [2.45, 2.75) is 37.8 Å². The number of aromatic nitrogens is 2. The molecule has 126 valence electrons. The molecule has 1 saturated carbocycles. The molecule has 3 heterocycles. The highest BCUT2D eigenvalue weighted by Gasteiger charge is 2.48. The first kappa shape index (κ1) is 13.5. The third-order valence-corrected chi connectivity index (χ3v) is 5.69. The Bertz CT molecular complexity index is 611. The van der Waals surface area contributed by atoms with Crippen molar-refractivity contribution in [2.24, 2.45) is 23.5 Å². The van der Waals surface area contributed by atoms with Gasteiger partial charge in [0, 0.05) is 35.0 Å². The molecule has 0 spiro atoms. The van der Waals surface area contributed by atoms with Crippen molar-refractivity contribution in [1.29, 1.82) is 0 Å². The Morgan fingerprint density at radius 3 is 2.87 bits per heavy atom. The van der Waals surface area contributed by atoms with Crippen LogP contribution in [0.15, 0.2) is 12.1 Å². The molecule has 0 aromatic carbocycles. The number of halogens is 1. The van der Waals surface area contributed by atoms with Gasteiger partial charge in [-0.3, -0.25) is 4.90 Å². The summed E-state index contributed by atoms with van der Waals surface area (Å²) in [6, 6.07) is 3.75. The number of nitrogens with zero attached hydrogens (tertiary/aromatic N) is 3. The van der Waals surface area contributed by atoms with Crippen LogP contribution in [0.3, 0.4) is 0 Å². The lowest BCUT2D eigenvalue weighted by atomic mass is 9.91. The maximum atomic E-state index is 8.90. The van der Waals surface area contributed by atoms with E-state index in [1.54, 1.807) is 6.07 Å². The smallest absolute Gasteiger partial charge is 0.151 e. The van der Waals surface area contributed by atoms with Gasteiger partial charge in [-0.1, -0.05) is 11.6 Å². The minimum absolute atomic E-state index is 0.0171. The molecule has 5 nitrogen and oxygen atoms in total. The van der Waals surface area contributed by atoms with Crippen molar-refractivity contribution in [2.75, 3.05) is 26.3 Å². The van der Waals surface area contributed by atoms with Crippen LogP contribution in [0.2, 0.25) is 5.15 Å². The van der Waals surface area contributed by atoms with Crippen LogP contribution in [0.5, 0.6) is 0 Å². The Morgan fingerprint density at radius 1 is 1.30 bits per heavy atom. The van der Waals surface area contributed by atoms with Gasteiger partial charge in [-0.25, -0.2) is 0 Å². The number of fused-ring (bicyclic) bond motifs is 1. The third-order valence-electron chi connectivity index (χ3n) is 5.48. The Kier molecular flexibility index (Phi) is 3.90. The van der Waals surface area contributed by atoms with Crippen LogP contribution >= 0.6 is 11.6 Å². The molecule has 4 rings (SSSR count). The molecule has 4 atom stereocenters. The monoisotopic (exact) mass is 338 g/mol. The quantitative estimate of drug-likeness (QED) is 0.916. The topological polar surface area (TPSA) is 64.3 Å². The highest BCUT2D eigenvalue weighted by atomic mass is 35.5.